The van der Waals surface area contributed by atoms with Crippen LogP contribution in [0, 0.1) is 0 Å². The molecule has 0 bridgehead atoms. The fourth-order valence-corrected chi connectivity index (χ4v) is 3.24. The highest BCUT2D eigenvalue weighted by atomic mass is 16.5. The summed E-state index contributed by atoms with van der Waals surface area (Å²) in [5.74, 6) is 0.767. The minimum atomic E-state index is 0.0238. The Morgan fingerprint density at radius 1 is 0.885 bits per heavy atom. The molecule has 3 heteroatoms. The molecular weight excluding hydrogens is 322 g/mol. The van der Waals surface area contributed by atoms with Gasteiger partial charge in [-0.25, -0.2) is 0 Å². The van der Waals surface area contributed by atoms with Gasteiger partial charge in [-0.05, 0) is 35.9 Å². The van der Waals surface area contributed by atoms with Gasteiger partial charge in [0.1, 0.15) is 5.75 Å². The van der Waals surface area contributed by atoms with Crippen LogP contribution in [0.25, 0.3) is 10.9 Å². The summed E-state index contributed by atoms with van der Waals surface area (Å²) in [4.78, 5) is 13.1. The first-order valence-corrected chi connectivity index (χ1v) is 8.57. The van der Waals surface area contributed by atoms with Crippen molar-refractivity contribution in [1.29, 1.82) is 0 Å². The zero-order valence-electron chi connectivity index (χ0n) is 14.6. The molecule has 0 aliphatic heterocycles. The maximum Gasteiger partial charge on any atom is 0.195 e. The van der Waals surface area contributed by atoms with E-state index < -0.39 is 0 Å². The number of para-hydroxylation sites is 1. The molecule has 0 radical (unpaired) electrons. The summed E-state index contributed by atoms with van der Waals surface area (Å²) in [7, 11) is 1.62. The summed E-state index contributed by atoms with van der Waals surface area (Å²) < 4.78 is 7.32. The zero-order valence-corrected chi connectivity index (χ0v) is 14.6. The Hall–Kier alpha value is -3.33. The van der Waals surface area contributed by atoms with Crippen LogP contribution in [-0.2, 0) is 6.54 Å². The van der Waals surface area contributed by atoms with Crippen LogP contribution in [0.5, 0.6) is 5.75 Å². The number of carbonyl (C=O) groups is 1. The Balaban J connectivity index is 1.76. The van der Waals surface area contributed by atoms with Gasteiger partial charge >= 0.3 is 0 Å². The van der Waals surface area contributed by atoms with E-state index in [1.807, 2.05) is 66.9 Å². The van der Waals surface area contributed by atoms with E-state index in [1.54, 1.807) is 7.11 Å². The van der Waals surface area contributed by atoms with Crippen molar-refractivity contribution in [3.63, 3.8) is 0 Å². The van der Waals surface area contributed by atoms with E-state index in [2.05, 4.69) is 22.8 Å². The summed E-state index contributed by atoms with van der Waals surface area (Å²) in [6, 6.07) is 25.6. The van der Waals surface area contributed by atoms with Gasteiger partial charge in [-0.3, -0.25) is 4.79 Å². The second-order valence-corrected chi connectivity index (χ2v) is 6.23. The number of carbonyl (C=O) groups excluding carboxylic acids is 1. The van der Waals surface area contributed by atoms with Crippen molar-refractivity contribution in [2.24, 2.45) is 0 Å². The van der Waals surface area contributed by atoms with Crippen LogP contribution < -0.4 is 4.74 Å². The maximum atomic E-state index is 13.1. The van der Waals surface area contributed by atoms with Crippen LogP contribution in [0.15, 0.2) is 85.1 Å². The molecule has 0 unspecified atom stereocenters. The first-order chi connectivity index (χ1) is 12.8. The standard InChI is InChI=1S/C23H19NO2/c1-26-19-13-11-18(12-14-19)23(25)21-16-24(15-17-7-3-2-4-8-17)22-10-6-5-9-20(21)22/h2-14,16H,15H2,1H3. The summed E-state index contributed by atoms with van der Waals surface area (Å²) in [6.07, 6.45) is 1.96. The van der Waals surface area contributed by atoms with Crippen molar-refractivity contribution >= 4 is 16.7 Å². The number of aromatic nitrogens is 1. The molecular formula is C23H19NO2. The first-order valence-electron chi connectivity index (χ1n) is 8.57. The molecule has 3 aromatic carbocycles. The van der Waals surface area contributed by atoms with Crippen LogP contribution >= 0.6 is 0 Å². The number of nitrogens with zero attached hydrogens (tertiary/aromatic N) is 1. The Kier molecular flexibility index (Phi) is 4.28. The SMILES string of the molecule is COc1ccc(C(=O)c2cn(Cc3ccccc3)c3ccccc23)cc1. The molecule has 0 saturated heterocycles. The van der Waals surface area contributed by atoms with Crippen molar-refractivity contribution in [1.82, 2.24) is 4.57 Å². The smallest absolute Gasteiger partial charge is 0.195 e. The predicted octanol–water partition coefficient (Wildman–Crippen LogP) is 4.93. The third-order valence-corrected chi connectivity index (χ3v) is 4.58. The molecule has 26 heavy (non-hydrogen) atoms. The molecule has 128 valence electrons. The number of rotatable bonds is 5. The molecule has 4 aromatic rings. The normalized spacial score (nSPS) is 10.8. The van der Waals surface area contributed by atoms with Crippen molar-refractivity contribution in [3.05, 3.63) is 102 Å². The quantitative estimate of drug-likeness (QED) is 0.482. The molecule has 0 fully saturated rings. The second-order valence-electron chi connectivity index (χ2n) is 6.23. The number of hydrogen-bond donors (Lipinski definition) is 0. The molecule has 1 heterocycles. The van der Waals surface area contributed by atoms with Crippen LogP contribution in [0.1, 0.15) is 21.5 Å². The van der Waals surface area contributed by atoms with Crippen molar-refractivity contribution in [3.8, 4) is 5.75 Å². The van der Waals surface area contributed by atoms with Crippen LogP contribution in [0.2, 0.25) is 0 Å². The Bertz CT molecular complexity index is 1050. The average molecular weight is 341 g/mol. The number of hydrogen-bond acceptors (Lipinski definition) is 2. The minimum Gasteiger partial charge on any atom is -0.497 e. The summed E-state index contributed by atoms with van der Waals surface area (Å²) in [5.41, 5.74) is 3.65. The van der Waals surface area contributed by atoms with E-state index in [-0.39, 0.29) is 5.78 Å². The van der Waals surface area contributed by atoms with Crippen molar-refractivity contribution < 1.29 is 9.53 Å². The molecule has 0 saturated carbocycles. The van der Waals surface area contributed by atoms with Crippen LogP contribution in [-0.4, -0.2) is 17.5 Å². The summed E-state index contributed by atoms with van der Waals surface area (Å²) >= 11 is 0. The largest absolute Gasteiger partial charge is 0.497 e. The molecule has 1 aromatic heterocycles. The van der Waals surface area contributed by atoms with Gasteiger partial charge in [-0.15, -0.1) is 0 Å². The van der Waals surface area contributed by atoms with Crippen LogP contribution in [0.3, 0.4) is 0 Å². The lowest BCUT2D eigenvalue weighted by Gasteiger charge is -2.05. The lowest BCUT2D eigenvalue weighted by molar-refractivity contribution is 0.104. The highest BCUT2D eigenvalue weighted by Crippen LogP contribution is 2.25. The van der Waals surface area contributed by atoms with Gasteiger partial charge in [0.2, 0.25) is 0 Å². The molecule has 4 rings (SSSR count). The van der Waals surface area contributed by atoms with Crippen LogP contribution in [0.4, 0.5) is 0 Å². The number of ketones is 1. The highest BCUT2D eigenvalue weighted by molar-refractivity contribution is 6.16. The third kappa shape index (κ3) is 3.00. The first kappa shape index (κ1) is 16.2. The van der Waals surface area contributed by atoms with Crippen molar-refractivity contribution in [2.75, 3.05) is 7.11 Å². The van der Waals surface area contributed by atoms with Gasteiger partial charge in [0.05, 0.1) is 7.11 Å². The second kappa shape index (κ2) is 6.89. The van der Waals surface area contributed by atoms with Gasteiger partial charge in [0, 0.05) is 34.8 Å². The van der Waals surface area contributed by atoms with Crippen molar-refractivity contribution in [2.45, 2.75) is 6.54 Å². The lowest BCUT2D eigenvalue weighted by atomic mass is 10.0. The third-order valence-electron chi connectivity index (χ3n) is 4.58. The fraction of sp³-hybridized carbons (Fsp3) is 0.0870. The fourth-order valence-electron chi connectivity index (χ4n) is 3.24. The summed E-state index contributed by atoms with van der Waals surface area (Å²) in [5, 5.41) is 0.976. The molecule has 0 N–H and O–H groups in total. The van der Waals surface area contributed by atoms with E-state index in [1.165, 1.54) is 5.56 Å². The van der Waals surface area contributed by atoms with Gasteiger partial charge in [-0.1, -0.05) is 48.5 Å². The van der Waals surface area contributed by atoms with E-state index in [4.69, 9.17) is 4.74 Å². The monoisotopic (exact) mass is 341 g/mol. The van der Waals surface area contributed by atoms with Gasteiger partial charge < -0.3 is 9.30 Å². The number of methoxy groups -OCH3 is 1. The molecule has 3 nitrogen and oxygen atoms in total. The highest BCUT2D eigenvalue weighted by Gasteiger charge is 2.16. The molecule has 0 spiro atoms. The van der Waals surface area contributed by atoms with Gasteiger partial charge in [0.15, 0.2) is 5.78 Å². The molecule has 0 amide bonds. The zero-order chi connectivity index (χ0) is 17.9. The van der Waals surface area contributed by atoms with Gasteiger partial charge in [-0.2, -0.15) is 0 Å². The number of benzene rings is 3. The van der Waals surface area contributed by atoms with Gasteiger partial charge in [0.25, 0.3) is 0 Å². The Labute approximate surface area is 152 Å². The van der Waals surface area contributed by atoms with E-state index in [0.29, 0.717) is 5.56 Å². The Morgan fingerprint density at radius 2 is 1.58 bits per heavy atom. The van der Waals surface area contributed by atoms with E-state index in [0.717, 1.165) is 28.8 Å². The Morgan fingerprint density at radius 3 is 2.31 bits per heavy atom. The molecule has 0 atom stereocenters. The minimum absolute atomic E-state index is 0.0238. The lowest BCUT2D eigenvalue weighted by Crippen LogP contribution is -2.01. The number of fused-ring (bicyclic) bond motifs is 1. The predicted molar refractivity (Wildman–Crippen MR) is 104 cm³/mol. The molecule has 0 aliphatic rings. The number of ether oxygens (including phenoxy) is 1. The summed E-state index contributed by atoms with van der Waals surface area (Å²) in [6.45, 7) is 0.733. The topological polar surface area (TPSA) is 31.2 Å². The maximum absolute atomic E-state index is 13.1. The molecule has 0 aliphatic carbocycles. The van der Waals surface area contributed by atoms with E-state index >= 15 is 0 Å². The van der Waals surface area contributed by atoms with E-state index in [9.17, 15) is 4.79 Å². The average Bonchev–Trinajstić information content (AvgIpc) is 3.07.